The first-order valence-corrected chi connectivity index (χ1v) is 6.04. The van der Waals surface area contributed by atoms with Crippen molar-refractivity contribution in [2.24, 2.45) is 11.7 Å². The van der Waals surface area contributed by atoms with Gasteiger partial charge in [-0.2, -0.15) is 0 Å². The van der Waals surface area contributed by atoms with E-state index in [0.29, 0.717) is 23.2 Å². The molecular formula is C13H19N3O. The van der Waals surface area contributed by atoms with Crippen LogP contribution in [0.1, 0.15) is 36.5 Å². The van der Waals surface area contributed by atoms with Gasteiger partial charge >= 0.3 is 0 Å². The fourth-order valence-electron chi connectivity index (χ4n) is 2.14. The van der Waals surface area contributed by atoms with Crippen molar-refractivity contribution < 1.29 is 4.79 Å². The molecule has 1 atom stereocenters. The predicted octanol–water partition coefficient (Wildman–Crippen LogP) is 1.97. The van der Waals surface area contributed by atoms with E-state index < -0.39 is 5.91 Å². The molecule has 1 aliphatic carbocycles. The lowest BCUT2D eigenvalue weighted by molar-refractivity contribution is 0.100. The molecule has 0 saturated heterocycles. The van der Waals surface area contributed by atoms with Crippen LogP contribution in [-0.4, -0.2) is 11.9 Å². The first kappa shape index (κ1) is 11.8. The summed E-state index contributed by atoms with van der Waals surface area (Å²) in [5.74, 6) is 0.288. The number of nitrogen functional groups attached to an aromatic ring is 1. The summed E-state index contributed by atoms with van der Waals surface area (Å²) >= 11 is 0. The van der Waals surface area contributed by atoms with Gasteiger partial charge in [0.2, 0.25) is 5.91 Å². The Balaban J connectivity index is 2.13. The number of hydrogen-bond donors (Lipinski definition) is 3. The van der Waals surface area contributed by atoms with E-state index in [1.807, 2.05) is 0 Å². The average molecular weight is 233 g/mol. The van der Waals surface area contributed by atoms with E-state index >= 15 is 0 Å². The maximum absolute atomic E-state index is 11.1. The van der Waals surface area contributed by atoms with Crippen molar-refractivity contribution >= 4 is 17.3 Å². The van der Waals surface area contributed by atoms with Gasteiger partial charge in [-0.3, -0.25) is 4.79 Å². The molecule has 1 amide bonds. The molecule has 5 N–H and O–H groups in total. The second-order valence-electron chi connectivity index (χ2n) is 4.79. The molecule has 0 radical (unpaired) electrons. The maximum atomic E-state index is 11.1. The monoisotopic (exact) mass is 233 g/mol. The highest BCUT2D eigenvalue weighted by molar-refractivity contribution is 5.94. The maximum Gasteiger partial charge on any atom is 0.248 e. The topological polar surface area (TPSA) is 81.1 Å². The lowest BCUT2D eigenvalue weighted by Gasteiger charge is -2.32. The summed E-state index contributed by atoms with van der Waals surface area (Å²) in [4.78, 5) is 11.1. The first-order chi connectivity index (χ1) is 8.08. The molecule has 4 heteroatoms. The van der Waals surface area contributed by atoms with Crippen LogP contribution in [0.25, 0.3) is 0 Å². The fourth-order valence-corrected chi connectivity index (χ4v) is 2.14. The summed E-state index contributed by atoms with van der Waals surface area (Å²) in [5.41, 5.74) is 13.1. The van der Waals surface area contributed by atoms with Gasteiger partial charge in [-0.15, -0.1) is 0 Å². The van der Waals surface area contributed by atoms with Crippen LogP contribution < -0.4 is 16.8 Å². The molecule has 17 heavy (non-hydrogen) atoms. The van der Waals surface area contributed by atoms with Crippen LogP contribution >= 0.6 is 0 Å². The normalized spacial score (nSPS) is 17.2. The molecule has 2 rings (SSSR count). The molecule has 0 heterocycles. The van der Waals surface area contributed by atoms with Crippen molar-refractivity contribution in [2.45, 2.75) is 32.2 Å². The van der Waals surface area contributed by atoms with E-state index in [9.17, 15) is 4.79 Å². The molecule has 1 unspecified atom stereocenters. The Labute approximate surface area is 101 Å². The number of hydrogen-bond acceptors (Lipinski definition) is 3. The van der Waals surface area contributed by atoms with Gasteiger partial charge in [0.05, 0.1) is 11.4 Å². The minimum absolute atomic E-state index is 0.383. The number of rotatable bonds is 4. The average Bonchev–Trinajstić information content (AvgIpc) is 2.18. The molecule has 1 aromatic rings. The predicted molar refractivity (Wildman–Crippen MR) is 69.8 cm³/mol. The Hall–Kier alpha value is -1.71. The third kappa shape index (κ3) is 2.52. The molecule has 1 aromatic carbocycles. The zero-order valence-corrected chi connectivity index (χ0v) is 10.1. The van der Waals surface area contributed by atoms with E-state index in [4.69, 9.17) is 11.5 Å². The van der Waals surface area contributed by atoms with Gasteiger partial charge in [0, 0.05) is 11.6 Å². The second kappa shape index (κ2) is 4.65. The number of primary amides is 1. The van der Waals surface area contributed by atoms with Crippen LogP contribution in [0.2, 0.25) is 0 Å². The molecule has 0 bridgehead atoms. The van der Waals surface area contributed by atoms with Crippen LogP contribution in [0.15, 0.2) is 18.2 Å². The highest BCUT2D eigenvalue weighted by atomic mass is 16.1. The Kier molecular flexibility index (Phi) is 3.22. The third-order valence-electron chi connectivity index (χ3n) is 3.58. The lowest BCUT2D eigenvalue weighted by Crippen LogP contribution is -2.31. The van der Waals surface area contributed by atoms with Gasteiger partial charge in [0.1, 0.15) is 0 Å². The Morgan fingerprint density at radius 3 is 2.71 bits per heavy atom. The van der Waals surface area contributed by atoms with Crippen molar-refractivity contribution in [3.8, 4) is 0 Å². The van der Waals surface area contributed by atoms with Crippen molar-refractivity contribution in [3.05, 3.63) is 23.8 Å². The van der Waals surface area contributed by atoms with Gasteiger partial charge in [-0.1, -0.05) is 6.42 Å². The highest BCUT2D eigenvalue weighted by Gasteiger charge is 2.24. The van der Waals surface area contributed by atoms with Crippen LogP contribution in [0.4, 0.5) is 11.4 Å². The van der Waals surface area contributed by atoms with E-state index in [1.54, 1.807) is 18.2 Å². The molecule has 1 aliphatic rings. The van der Waals surface area contributed by atoms with Gasteiger partial charge in [-0.25, -0.2) is 0 Å². The van der Waals surface area contributed by atoms with Crippen molar-refractivity contribution in [1.82, 2.24) is 0 Å². The molecule has 0 aromatic heterocycles. The number of anilines is 2. The molecule has 0 spiro atoms. The number of carbonyl (C=O) groups excluding carboxylic acids is 1. The standard InChI is InChI=1S/C13H19N3O/c1-8(9-3-2-4-9)16-12-7-10(13(15)17)5-6-11(12)14/h5-9,16H,2-4,14H2,1H3,(H2,15,17). The van der Waals surface area contributed by atoms with Gasteiger partial charge in [0.15, 0.2) is 0 Å². The zero-order valence-electron chi connectivity index (χ0n) is 10.1. The van der Waals surface area contributed by atoms with E-state index in [1.165, 1.54) is 19.3 Å². The Morgan fingerprint density at radius 1 is 1.47 bits per heavy atom. The second-order valence-corrected chi connectivity index (χ2v) is 4.79. The van der Waals surface area contributed by atoms with E-state index in [-0.39, 0.29) is 0 Å². The zero-order chi connectivity index (χ0) is 12.4. The minimum atomic E-state index is -0.427. The van der Waals surface area contributed by atoms with Crippen LogP contribution in [0.3, 0.4) is 0 Å². The van der Waals surface area contributed by atoms with Gasteiger partial charge in [-0.05, 0) is 43.9 Å². The summed E-state index contributed by atoms with van der Waals surface area (Å²) < 4.78 is 0. The third-order valence-corrected chi connectivity index (χ3v) is 3.58. The SMILES string of the molecule is CC(Nc1cc(C(N)=O)ccc1N)C1CCC1. The number of benzene rings is 1. The molecule has 4 nitrogen and oxygen atoms in total. The van der Waals surface area contributed by atoms with Gasteiger partial charge < -0.3 is 16.8 Å². The summed E-state index contributed by atoms with van der Waals surface area (Å²) in [5, 5.41) is 3.37. The quantitative estimate of drug-likeness (QED) is 0.695. The summed E-state index contributed by atoms with van der Waals surface area (Å²) in [6.07, 6.45) is 3.85. The van der Waals surface area contributed by atoms with Crippen molar-refractivity contribution in [2.75, 3.05) is 11.1 Å². The molecular weight excluding hydrogens is 214 g/mol. The number of amides is 1. The highest BCUT2D eigenvalue weighted by Crippen LogP contribution is 2.32. The van der Waals surface area contributed by atoms with Crippen LogP contribution in [0.5, 0.6) is 0 Å². The van der Waals surface area contributed by atoms with Gasteiger partial charge in [0.25, 0.3) is 0 Å². The van der Waals surface area contributed by atoms with E-state index in [2.05, 4.69) is 12.2 Å². The Bertz CT molecular complexity index is 427. The lowest BCUT2D eigenvalue weighted by atomic mass is 9.80. The number of carbonyl (C=O) groups is 1. The van der Waals surface area contributed by atoms with Crippen molar-refractivity contribution in [3.63, 3.8) is 0 Å². The Morgan fingerprint density at radius 2 is 2.18 bits per heavy atom. The van der Waals surface area contributed by atoms with Crippen LogP contribution in [-0.2, 0) is 0 Å². The summed E-state index contributed by atoms with van der Waals surface area (Å²) in [6.45, 7) is 2.15. The molecule has 0 aliphatic heterocycles. The van der Waals surface area contributed by atoms with Crippen molar-refractivity contribution in [1.29, 1.82) is 0 Å². The summed E-state index contributed by atoms with van der Waals surface area (Å²) in [7, 11) is 0. The minimum Gasteiger partial charge on any atom is -0.397 e. The number of nitrogens with two attached hydrogens (primary N) is 2. The first-order valence-electron chi connectivity index (χ1n) is 6.04. The summed E-state index contributed by atoms with van der Waals surface area (Å²) in [6, 6.07) is 5.48. The molecule has 1 fully saturated rings. The number of nitrogens with one attached hydrogen (secondary N) is 1. The largest absolute Gasteiger partial charge is 0.397 e. The smallest absolute Gasteiger partial charge is 0.248 e. The van der Waals surface area contributed by atoms with Crippen LogP contribution in [0, 0.1) is 5.92 Å². The fraction of sp³-hybridized carbons (Fsp3) is 0.462. The molecule has 92 valence electrons. The molecule has 1 saturated carbocycles. The van der Waals surface area contributed by atoms with E-state index in [0.717, 1.165) is 5.69 Å².